The monoisotopic (exact) mass is 297 g/mol. The van der Waals surface area contributed by atoms with Crippen molar-refractivity contribution in [2.45, 2.75) is 25.2 Å². The highest BCUT2D eigenvalue weighted by atomic mass is 79.9. The summed E-state index contributed by atoms with van der Waals surface area (Å²) in [4.78, 5) is 2.45. The van der Waals surface area contributed by atoms with Crippen LogP contribution in [0.25, 0.3) is 0 Å². The maximum atomic E-state index is 9.60. The Bertz CT molecular complexity index is 407. The van der Waals surface area contributed by atoms with Crippen molar-refractivity contribution in [3.8, 4) is 5.75 Å². The largest absolute Gasteiger partial charge is 0.508 e. The zero-order valence-corrected chi connectivity index (χ0v) is 11.9. The molecular weight excluding hydrogens is 278 g/mol. The van der Waals surface area contributed by atoms with Gasteiger partial charge in [-0.2, -0.15) is 0 Å². The van der Waals surface area contributed by atoms with Crippen LogP contribution in [0, 0.1) is 5.92 Å². The van der Waals surface area contributed by atoms with Gasteiger partial charge in [-0.15, -0.1) is 17.0 Å². The number of rotatable bonds is 0. The van der Waals surface area contributed by atoms with Gasteiger partial charge in [0, 0.05) is 6.54 Å². The number of likely N-dealkylation sites (tertiary alicyclic amines) is 1. The predicted octanol–water partition coefficient (Wildman–Crippen LogP) is 2.95. The highest BCUT2D eigenvalue weighted by molar-refractivity contribution is 8.93. The minimum atomic E-state index is 0. The second-order valence-electron chi connectivity index (χ2n) is 5.44. The zero-order chi connectivity index (χ0) is 11.1. The van der Waals surface area contributed by atoms with Gasteiger partial charge in [-0.25, -0.2) is 0 Å². The molecule has 1 N–H and O–H groups in total. The van der Waals surface area contributed by atoms with Crippen LogP contribution in [-0.4, -0.2) is 30.1 Å². The molecule has 3 rings (SSSR count). The Labute approximate surface area is 113 Å². The highest BCUT2D eigenvalue weighted by Gasteiger charge is 2.30. The summed E-state index contributed by atoms with van der Waals surface area (Å²) in [5, 5.41) is 9.60. The van der Waals surface area contributed by atoms with Gasteiger partial charge in [0.15, 0.2) is 0 Å². The normalized spacial score (nSPS) is 27.8. The Morgan fingerprint density at radius 3 is 3.00 bits per heavy atom. The molecule has 2 atom stereocenters. The van der Waals surface area contributed by atoms with Crippen LogP contribution < -0.4 is 0 Å². The molecule has 17 heavy (non-hydrogen) atoms. The molecule has 2 bridgehead atoms. The Morgan fingerprint density at radius 1 is 1.35 bits per heavy atom. The summed E-state index contributed by atoms with van der Waals surface area (Å²) < 4.78 is 0. The number of aromatic hydroxyl groups is 1. The maximum absolute atomic E-state index is 9.60. The lowest BCUT2D eigenvalue weighted by Gasteiger charge is -2.29. The van der Waals surface area contributed by atoms with Crippen molar-refractivity contribution in [3.05, 3.63) is 29.3 Å². The van der Waals surface area contributed by atoms with Gasteiger partial charge in [0.1, 0.15) is 5.75 Å². The van der Waals surface area contributed by atoms with Crippen LogP contribution in [0.2, 0.25) is 0 Å². The Kier molecular flexibility index (Phi) is 3.79. The molecule has 1 aliphatic heterocycles. The first-order valence-electron chi connectivity index (χ1n) is 6.22. The minimum absolute atomic E-state index is 0. The SMILES string of the molecule is Br.CN1CC[C@@H]2CC(Cc3ccc(O)cc32)C1. The molecule has 1 heterocycles. The molecule has 0 amide bonds. The van der Waals surface area contributed by atoms with Gasteiger partial charge in [0.05, 0.1) is 0 Å². The van der Waals surface area contributed by atoms with E-state index < -0.39 is 0 Å². The highest BCUT2D eigenvalue weighted by Crippen LogP contribution is 2.40. The van der Waals surface area contributed by atoms with Crippen molar-refractivity contribution in [2.75, 3.05) is 20.1 Å². The molecule has 1 aromatic carbocycles. The maximum Gasteiger partial charge on any atom is 0.115 e. The number of phenolic OH excluding ortho intramolecular Hbond substituents is 1. The first-order chi connectivity index (χ1) is 7.72. The van der Waals surface area contributed by atoms with E-state index in [0.717, 1.165) is 5.92 Å². The fraction of sp³-hybridized carbons (Fsp3) is 0.571. The molecule has 0 radical (unpaired) electrons. The zero-order valence-electron chi connectivity index (χ0n) is 10.2. The minimum Gasteiger partial charge on any atom is -0.508 e. The van der Waals surface area contributed by atoms with Crippen LogP contribution in [0.15, 0.2) is 18.2 Å². The van der Waals surface area contributed by atoms with Crippen molar-refractivity contribution in [2.24, 2.45) is 5.92 Å². The van der Waals surface area contributed by atoms with Gasteiger partial charge in [0.25, 0.3) is 0 Å². The van der Waals surface area contributed by atoms with Gasteiger partial charge < -0.3 is 10.0 Å². The van der Waals surface area contributed by atoms with Gasteiger partial charge >= 0.3 is 0 Å². The Hall–Kier alpha value is -0.540. The third-order valence-corrected chi connectivity index (χ3v) is 4.12. The van der Waals surface area contributed by atoms with Crippen molar-refractivity contribution in [1.29, 1.82) is 0 Å². The molecule has 2 nitrogen and oxygen atoms in total. The van der Waals surface area contributed by atoms with Crippen LogP contribution >= 0.6 is 17.0 Å². The summed E-state index contributed by atoms with van der Waals surface area (Å²) in [5.74, 6) is 1.91. The van der Waals surface area contributed by atoms with Crippen LogP contribution in [0.5, 0.6) is 5.75 Å². The molecule has 1 fully saturated rings. The topological polar surface area (TPSA) is 23.5 Å². The molecule has 2 aliphatic rings. The average molecular weight is 298 g/mol. The molecule has 94 valence electrons. The number of halogens is 1. The standard InChI is InChI=1S/C14H19NO.BrH/c1-15-5-4-12-7-10(9-15)6-11-2-3-13(16)8-14(11)12;/h2-3,8,10,12,16H,4-7,9H2,1H3;1H/t10?,12-;/m1./s1. The molecule has 0 aromatic heterocycles. The molecular formula is C14H20BrNO. The van der Waals surface area contributed by atoms with Gasteiger partial charge in [-0.1, -0.05) is 6.07 Å². The van der Waals surface area contributed by atoms with E-state index in [9.17, 15) is 5.11 Å². The lowest BCUT2D eigenvalue weighted by Crippen LogP contribution is -2.26. The summed E-state index contributed by atoms with van der Waals surface area (Å²) >= 11 is 0. The van der Waals surface area contributed by atoms with Crippen molar-refractivity contribution in [1.82, 2.24) is 4.90 Å². The van der Waals surface area contributed by atoms with E-state index in [1.807, 2.05) is 12.1 Å². The summed E-state index contributed by atoms with van der Waals surface area (Å²) in [6.45, 7) is 2.42. The number of phenols is 1. The molecule has 1 saturated heterocycles. The number of hydrogen-bond donors (Lipinski definition) is 1. The molecule has 1 aromatic rings. The van der Waals surface area contributed by atoms with Crippen LogP contribution in [0.3, 0.4) is 0 Å². The molecule has 1 unspecified atom stereocenters. The lowest BCUT2D eigenvalue weighted by molar-refractivity contribution is 0.296. The van der Waals surface area contributed by atoms with Crippen molar-refractivity contribution in [3.63, 3.8) is 0 Å². The van der Waals surface area contributed by atoms with E-state index in [-0.39, 0.29) is 17.0 Å². The fourth-order valence-corrected chi connectivity index (χ4v) is 3.39. The van der Waals surface area contributed by atoms with E-state index in [1.54, 1.807) is 0 Å². The Morgan fingerprint density at radius 2 is 2.18 bits per heavy atom. The molecule has 1 aliphatic carbocycles. The van der Waals surface area contributed by atoms with Crippen molar-refractivity contribution >= 4 is 17.0 Å². The number of nitrogens with zero attached hydrogens (tertiary/aromatic N) is 1. The third-order valence-electron chi connectivity index (χ3n) is 4.12. The Balaban J connectivity index is 0.00000108. The third kappa shape index (κ3) is 2.50. The van der Waals surface area contributed by atoms with Crippen LogP contribution in [0.4, 0.5) is 0 Å². The lowest BCUT2D eigenvalue weighted by atomic mass is 9.76. The number of benzene rings is 1. The van der Waals surface area contributed by atoms with Gasteiger partial charge in [-0.05, 0) is 68.0 Å². The van der Waals surface area contributed by atoms with Crippen LogP contribution in [0.1, 0.15) is 29.9 Å². The van der Waals surface area contributed by atoms with E-state index in [4.69, 9.17) is 0 Å². The van der Waals surface area contributed by atoms with E-state index in [0.29, 0.717) is 11.7 Å². The summed E-state index contributed by atoms with van der Waals surface area (Å²) in [6, 6.07) is 5.94. The summed E-state index contributed by atoms with van der Waals surface area (Å²) in [6.07, 6.45) is 3.74. The summed E-state index contributed by atoms with van der Waals surface area (Å²) in [5.41, 5.74) is 2.88. The van der Waals surface area contributed by atoms with Gasteiger partial charge in [-0.3, -0.25) is 0 Å². The predicted molar refractivity (Wildman–Crippen MR) is 75.1 cm³/mol. The van der Waals surface area contributed by atoms with Crippen molar-refractivity contribution < 1.29 is 5.11 Å². The second-order valence-corrected chi connectivity index (χ2v) is 5.44. The second kappa shape index (κ2) is 4.99. The van der Waals surface area contributed by atoms with Gasteiger partial charge in [0.2, 0.25) is 0 Å². The number of fused-ring (bicyclic) bond motifs is 4. The van der Waals surface area contributed by atoms with E-state index >= 15 is 0 Å². The number of hydrogen-bond acceptors (Lipinski definition) is 2. The quantitative estimate of drug-likeness (QED) is 0.796. The first kappa shape index (κ1) is 12.9. The molecule has 3 heteroatoms. The summed E-state index contributed by atoms with van der Waals surface area (Å²) in [7, 11) is 2.23. The fourth-order valence-electron chi connectivity index (χ4n) is 3.39. The van der Waals surface area contributed by atoms with Crippen LogP contribution in [-0.2, 0) is 6.42 Å². The average Bonchev–Trinajstić information content (AvgIpc) is 2.40. The molecule has 0 spiro atoms. The van der Waals surface area contributed by atoms with E-state index in [1.165, 1.54) is 43.5 Å². The first-order valence-corrected chi connectivity index (χ1v) is 6.22. The molecule has 0 saturated carbocycles. The van der Waals surface area contributed by atoms with E-state index in [2.05, 4.69) is 18.0 Å². The smallest absolute Gasteiger partial charge is 0.115 e.